The normalized spacial score (nSPS) is 20.9. The summed E-state index contributed by atoms with van der Waals surface area (Å²) >= 11 is 0. The van der Waals surface area contributed by atoms with Gasteiger partial charge in [0.05, 0.1) is 0 Å². The van der Waals surface area contributed by atoms with Crippen molar-refractivity contribution in [3.63, 3.8) is 0 Å². The van der Waals surface area contributed by atoms with Crippen LogP contribution in [-0.4, -0.2) is 29.9 Å². The van der Waals surface area contributed by atoms with Crippen LogP contribution in [0.1, 0.15) is 64.2 Å². The highest BCUT2D eigenvalue weighted by atomic mass is 16.2. The highest BCUT2D eigenvalue weighted by Gasteiger charge is 2.33. The number of amides is 1. The van der Waals surface area contributed by atoms with Crippen LogP contribution >= 0.6 is 0 Å². The third-order valence-corrected chi connectivity index (χ3v) is 4.33. The van der Waals surface area contributed by atoms with E-state index in [2.05, 4.69) is 4.90 Å². The number of carbonyl (C=O) groups excluding carboxylic acids is 1. The van der Waals surface area contributed by atoms with E-state index >= 15 is 0 Å². The van der Waals surface area contributed by atoms with Gasteiger partial charge >= 0.3 is 0 Å². The number of unbranched alkanes of at least 4 members (excludes halogenated alkanes) is 1. The first-order chi connectivity index (χ1) is 8.81. The molecule has 0 aromatic rings. The standard InChI is InChI=1S/C15H28N2O/c16-11-5-4-8-15(18)17(14-9-10-14)12-13-6-2-1-3-7-13/h13-14H,1-12,16H2. The number of carbonyl (C=O) groups is 1. The molecule has 2 fully saturated rings. The summed E-state index contributed by atoms with van der Waals surface area (Å²) in [6.07, 6.45) is 11.9. The highest BCUT2D eigenvalue weighted by molar-refractivity contribution is 5.76. The molecule has 0 unspecified atom stereocenters. The van der Waals surface area contributed by atoms with Crippen molar-refractivity contribution in [2.24, 2.45) is 11.7 Å². The van der Waals surface area contributed by atoms with Crippen molar-refractivity contribution in [3.8, 4) is 0 Å². The first-order valence-electron chi connectivity index (χ1n) is 7.81. The lowest BCUT2D eigenvalue weighted by atomic mass is 9.89. The summed E-state index contributed by atoms with van der Waals surface area (Å²) in [7, 11) is 0. The minimum Gasteiger partial charge on any atom is -0.339 e. The third-order valence-electron chi connectivity index (χ3n) is 4.33. The van der Waals surface area contributed by atoms with E-state index in [1.54, 1.807) is 0 Å². The van der Waals surface area contributed by atoms with Gasteiger partial charge < -0.3 is 10.6 Å². The SMILES string of the molecule is NCCCCC(=O)N(CC1CCCCC1)C1CC1. The van der Waals surface area contributed by atoms with E-state index in [0.29, 0.717) is 24.9 Å². The Hall–Kier alpha value is -0.570. The van der Waals surface area contributed by atoms with E-state index < -0.39 is 0 Å². The molecule has 0 aliphatic heterocycles. The molecule has 0 aromatic carbocycles. The molecule has 2 N–H and O–H groups in total. The molecule has 0 aromatic heterocycles. The van der Waals surface area contributed by atoms with E-state index in [-0.39, 0.29) is 0 Å². The molecule has 0 atom stereocenters. The van der Waals surface area contributed by atoms with Gasteiger partial charge in [-0.25, -0.2) is 0 Å². The zero-order valence-electron chi connectivity index (χ0n) is 11.6. The van der Waals surface area contributed by atoms with Crippen LogP contribution in [0.4, 0.5) is 0 Å². The van der Waals surface area contributed by atoms with Gasteiger partial charge in [-0.3, -0.25) is 4.79 Å². The number of rotatable bonds is 7. The first-order valence-corrected chi connectivity index (χ1v) is 7.81. The Bertz CT molecular complexity index is 257. The Morgan fingerprint density at radius 3 is 2.39 bits per heavy atom. The van der Waals surface area contributed by atoms with Gasteiger partial charge in [-0.05, 0) is 51.0 Å². The maximum atomic E-state index is 12.3. The van der Waals surface area contributed by atoms with Crippen LogP contribution in [-0.2, 0) is 4.79 Å². The average Bonchev–Trinajstić information content (AvgIpc) is 3.21. The smallest absolute Gasteiger partial charge is 0.222 e. The zero-order valence-corrected chi connectivity index (χ0v) is 11.6. The summed E-state index contributed by atoms with van der Waals surface area (Å²) in [6, 6.07) is 0.581. The Kier molecular flexibility index (Phi) is 5.48. The molecule has 0 spiro atoms. The van der Waals surface area contributed by atoms with Crippen molar-refractivity contribution in [1.82, 2.24) is 4.90 Å². The van der Waals surface area contributed by atoms with Crippen LogP contribution in [0, 0.1) is 5.92 Å². The largest absolute Gasteiger partial charge is 0.339 e. The zero-order chi connectivity index (χ0) is 12.8. The average molecular weight is 252 g/mol. The fourth-order valence-corrected chi connectivity index (χ4v) is 3.05. The van der Waals surface area contributed by atoms with Gasteiger partial charge in [-0.1, -0.05) is 19.3 Å². The molecule has 0 heterocycles. The number of hydrogen-bond acceptors (Lipinski definition) is 2. The maximum absolute atomic E-state index is 12.3. The van der Waals surface area contributed by atoms with Gasteiger partial charge in [-0.2, -0.15) is 0 Å². The van der Waals surface area contributed by atoms with Gasteiger partial charge in [0.1, 0.15) is 0 Å². The second-order valence-corrected chi connectivity index (χ2v) is 6.03. The first kappa shape index (κ1) is 13.9. The topological polar surface area (TPSA) is 46.3 Å². The van der Waals surface area contributed by atoms with Crippen molar-refractivity contribution in [2.75, 3.05) is 13.1 Å². The van der Waals surface area contributed by atoms with Crippen molar-refractivity contribution in [1.29, 1.82) is 0 Å². The molecular weight excluding hydrogens is 224 g/mol. The van der Waals surface area contributed by atoms with Gasteiger partial charge in [0.15, 0.2) is 0 Å². The molecule has 104 valence electrons. The lowest BCUT2D eigenvalue weighted by Gasteiger charge is -2.30. The highest BCUT2D eigenvalue weighted by Crippen LogP contribution is 2.31. The molecule has 2 saturated carbocycles. The van der Waals surface area contributed by atoms with Crippen molar-refractivity contribution in [2.45, 2.75) is 70.3 Å². The van der Waals surface area contributed by atoms with Crippen molar-refractivity contribution < 1.29 is 4.79 Å². The molecule has 3 heteroatoms. The fourth-order valence-electron chi connectivity index (χ4n) is 3.05. The minimum atomic E-state index is 0.386. The molecule has 2 aliphatic carbocycles. The third kappa shape index (κ3) is 4.27. The molecule has 0 bridgehead atoms. The van der Waals surface area contributed by atoms with Crippen LogP contribution in [0.5, 0.6) is 0 Å². The molecule has 0 saturated heterocycles. The molecule has 2 rings (SSSR count). The predicted molar refractivity (Wildman–Crippen MR) is 74.2 cm³/mol. The molecule has 18 heavy (non-hydrogen) atoms. The van der Waals surface area contributed by atoms with Crippen molar-refractivity contribution >= 4 is 5.91 Å². The molecule has 0 radical (unpaired) electrons. The number of nitrogens with zero attached hydrogens (tertiary/aromatic N) is 1. The molecule has 1 amide bonds. The van der Waals surface area contributed by atoms with Gasteiger partial charge in [-0.15, -0.1) is 0 Å². The van der Waals surface area contributed by atoms with E-state index in [0.717, 1.165) is 25.3 Å². The summed E-state index contributed by atoms with van der Waals surface area (Å²) in [5.74, 6) is 1.16. The van der Waals surface area contributed by atoms with Crippen LogP contribution in [0.3, 0.4) is 0 Å². The number of nitrogens with two attached hydrogens (primary N) is 1. The Labute approximate surface area is 111 Å². The lowest BCUT2D eigenvalue weighted by Crippen LogP contribution is -2.37. The number of hydrogen-bond donors (Lipinski definition) is 1. The Balaban J connectivity index is 1.77. The fraction of sp³-hybridized carbons (Fsp3) is 0.933. The molecule has 2 aliphatic rings. The van der Waals surface area contributed by atoms with Gasteiger partial charge in [0, 0.05) is 19.0 Å². The van der Waals surface area contributed by atoms with Gasteiger partial charge in [0.2, 0.25) is 5.91 Å². The summed E-state index contributed by atoms with van der Waals surface area (Å²) in [5.41, 5.74) is 5.49. The monoisotopic (exact) mass is 252 g/mol. The van der Waals surface area contributed by atoms with Crippen LogP contribution in [0.25, 0.3) is 0 Å². The van der Waals surface area contributed by atoms with Crippen LogP contribution in [0.2, 0.25) is 0 Å². The minimum absolute atomic E-state index is 0.386. The Morgan fingerprint density at radius 2 is 1.78 bits per heavy atom. The van der Waals surface area contributed by atoms with E-state index in [1.165, 1.54) is 44.9 Å². The summed E-state index contributed by atoms with van der Waals surface area (Å²) in [5, 5.41) is 0. The van der Waals surface area contributed by atoms with E-state index in [4.69, 9.17) is 5.73 Å². The Morgan fingerprint density at radius 1 is 1.06 bits per heavy atom. The van der Waals surface area contributed by atoms with E-state index in [9.17, 15) is 4.79 Å². The quantitative estimate of drug-likeness (QED) is 0.708. The van der Waals surface area contributed by atoms with E-state index in [1.807, 2.05) is 0 Å². The van der Waals surface area contributed by atoms with Crippen LogP contribution in [0.15, 0.2) is 0 Å². The second-order valence-electron chi connectivity index (χ2n) is 6.03. The lowest BCUT2D eigenvalue weighted by molar-refractivity contribution is -0.132. The predicted octanol–water partition coefficient (Wildman–Crippen LogP) is 2.69. The maximum Gasteiger partial charge on any atom is 0.222 e. The van der Waals surface area contributed by atoms with Gasteiger partial charge in [0.25, 0.3) is 0 Å². The van der Waals surface area contributed by atoms with Crippen molar-refractivity contribution in [3.05, 3.63) is 0 Å². The summed E-state index contributed by atoms with van der Waals surface area (Å²) < 4.78 is 0. The summed E-state index contributed by atoms with van der Waals surface area (Å²) in [6.45, 7) is 1.74. The summed E-state index contributed by atoms with van der Waals surface area (Å²) in [4.78, 5) is 14.5. The van der Waals surface area contributed by atoms with Crippen LogP contribution < -0.4 is 5.73 Å². The second kappa shape index (κ2) is 7.13. The molecular formula is C15H28N2O. The molecule has 3 nitrogen and oxygen atoms in total.